The van der Waals surface area contributed by atoms with Gasteiger partial charge in [-0.15, -0.1) is 0 Å². The van der Waals surface area contributed by atoms with Crippen molar-refractivity contribution in [2.45, 2.75) is 64.5 Å². The highest BCUT2D eigenvalue weighted by atomic mass is 16.6. The number of ether oxygens (including phenoxy) is 3. The highest BCUT2D eigenvalue weighted by Crippen LogP contribution is 2.41. The first-order chi connectivity index (χ1) is 17.1. The Bertz CT molecular complexity index is 1290. The van der Waals surface area contributed by atoms with Crippen LogP contribution in [0.15, 0.2) is 34.9 Å². The third-order valence-electron chi connectivity index (χ3n) is 6.17. The lowest BCUT2D eigenvalue weighted by atomic mass is 9.95. The number of anilines is 1. The lowest BCUT2D eigenvalue weighted by Gasteiger charge is -2.22. The van der Waals surface area contributed by atoms with Crippen LogP contribution in [0.2, 0.25) is 0 Å². The maximum atomic E-state index is 13.0. The highest BCUT2D eigenvalue weighted by molar-refractivity contribution is 6.12. The van der Waals surface area contributed by atoms with Crippen molar-refractivity contribution < 1.29 is 33.0 Å². The van der Waals surface area contributed by atoms with E-state index in [2.05, 4.69) is 5.32 Å². The van der Waals surface area contributed by atoms with Crippen molar-refractivity contribution in [3.63, 3.8) is 0 Å². The molecule has 0 radical (unpaired) electrons. The maximum absolute atomic E-state index is 13.0. The second-order valence-corrected chi connectivity index (χ2v) is 9.88. The van der Waals surface area contributed by atoms with Gasteiger partial charge in [0.25, 0.3) is 0 Å². The van der Waals surface area contributed by atoms with Crippen LogP contribution in [-0.4, -0.2) is 48.5 Å². The van der Waals surface area contributed by atoms with Crippen molar-refractivity contribution in [3.05, 3.63) is 41.6 Å². The van der Waals surface area contributed by atoms with Crippen LogP contribution >= 0.6 is 0 Å². The zero-order chi connectivity index (χ0) is 26.0. The van der Waals surface area contributed by atoms with Gasteiger partial charge in [0.2, 0.25) is 5.88 Å². The predicted molar refractivity (Wildman–Crippen MR) is 134 cm³/mol. The molecule has 4 rings (SSSR count). The number of benzene rings is 1. The van der Waals surface area contributed by atoms with E-state index in [-0.39, 0.29) is 28.8 Å². The molecule has 1 aliphatic carbocycles. The van der Waals surface area contributed by atoms with Gasteiger partial charge in [0.1, 0.15) is 16.7 Å². The molecule has 3 aromatic rings. The van der Waals surface area contributed by atoms with Gasteiger partial charge in [-0.1, -0.05) is 37.5 Å². The van der Waals surface area contributed by atoms with Gasteiger partial charge in [-0.05, 0) is 39.7 Å². The van der Waals surface area contributed by atoms with Crippen molar-refractivity contribution in [1.29, 1.82) is 0 Å². The Hall–Kier alpha value is -3.75. The fourth-order valence-corrected chi connectivity index (χ4v) is 4.57. The molecule has 36 heavy (non-hydrogen) atoms. The van der Waals surface area contributed by atoms with E-state index in [9.17, 15) is 14.4 Å². The molecule has 0 atom stereocenters. The number of fused-ring (bicyclic) bond motifs is 1. The summed E-state index contributed by atoms with van der Waals surface area (Å²) in [7, 11) is 2.48. The summed E-state index contributed by atoms with van der Waals surface area (Å²) in [5, 5.41) is 3.95. The Kier molecular flexibility index (Phi) is 7.10. The van der Waals surface area contributed by atoms with Gasteiger partial charge in [0.15, 0.2) is 5.76 Å². The van der Waals surface area contributed by atoms with Crippen LogP contribution in [0.25, 0.3) is 22.2 Å². The number of methoxy groups -OCH3 is 2. The average molecular weight is 497 g/mol. The lowest BCUT2D eigenvalue weighted by Crippen LogP contribution is -2.26. The molecule has 2 aromatic heterocycles. The van der Waals surface area contributed by atoms with E-state index in [1.54, 1.807) is 45.2 Å². The summed E-state index contributed by atoms with van der Waals surface area (Å²) in [4.78, 5) is 38.9. The van der Waals surface area contributed by atoms with Crippen molar-refractivity contribution in [2.24, 2.45) is 0 Å². The number of aromatic nitrogens is 1. The zero-order valence-electron chi connectivity index (χ0n) is 21.3. The van der Waals surface area contributed by atoms with Gasteiger partial charge in [-0.25, -0.2) is 14.4 Å². The molecular formula is C27H32N2O7. The van der Waals surface area contributed by atoms with Crippen molar-refractivity contribution >= 4 is 34.8 Å². The average Bonchev–Trinajstić information content (AvgIpc) is 3.41. The highest BCUT2D eigenvalue weighted by Gasteiger charge is 2.35. The van der Waals surface area contributed by atoms with Crippen molar-refractivity contribution in [1.82, 2.24) is 4.57 Å². The number of nitrogens with zero attached hydrogens (tertiary/aromatic N) is 1. The Balaban J connectivity index is 1.93. The van der Waals surface area contributed by atoms with Crippen LogP contribution in [0.4, 0.5) is 10.7 Å². The summed E-state index contributed by atoms with van der Waals surface area (Å²) in [6, 6.07) is 7.28. The van der Waals surface area contributed by atoms with Gasteiger partial charge < -0.3 is 23.9 Å². The predicted octanol–water partition coefficient (Wildman–Crippen LogP) is 6.00. The molecule has 0 aliphatic heterocycles. The fourth-order valence-electron chi connectivity index (χ4n) is 4.57. The summed E-state index contributed by atoms with van der Waals surface area (Å²) in [5.74, 6) is -1.21. The lowest BCUT2D eigenvalue weighted by molar-refractivity contribution is 0.0542. The second kappa shape index (κ2) is 10.1. The minimum atomic E-state index is -0.750. The van der Waals surface area contributed by atoms with Crippen molar-refractivity contribution in [2.75, 3.05) is 19.5 Å². The summed E-state index contributed by atoms with van der Waals surface area (Å²) in [6.07, 6.45) is 6.09. The van der Waals surface area contributed by atoms with E-state index in [4.69, 9.17) is 18.6 Å². The molecule has 1 aliphatic rings. The van der Waals surface area contributed by atoms with E-state index in [1.165, 1.54) is 18.8 Å². The quantitative estimate of drug-likeness (QED) is 0.338. The molecule has 1 saturated carbocycles. The Labute approximate surface area is 209 Å². The molecule has 0 bridgehead atoms. The third kappa shape index (κ3) is 4.96. The molecular weight excluding hydrogens is 464 g/mol. The van der Waals surface area contributed by atoms with Crippen LogP contribution in [-0.2, 0) is 14.2 Å². The van der Waals surface area contributed by atoms with E-state index in [0.29, 0.717) is 16.5 Å². The summed E-state index contributed by atoms with van der Waals surface area (Å²) in [6.45, 7) is 5.35. The van der Waals surface area contributed by atoms with Crippen molar-refractivity contribution in [3.8, 4) is 11.3 Å². The van der Waals surface area contributed by atoms with Crippen LogP contribution in [0.5, 0.6) is 0 Å². The molecule has 1 aromatic carbocycles. The normalized spacial score (nSPS) is 14.5. The Morgan fingerprint density at radius 3 is 2.25 bits per heavy atom. The number of nitrogens with one attached hydrogen (secondary N) is 1. The molecule has 0 unspecified atom stereocenters. The summed E-state index contributed by atoms with van der Waals surface area (Å²) >= 11 is 0. The second-order valence-electron chi connectivity index (χ2n) is 9.88. The summed E-state index contributed by atoms with van der Waals surface area (Å²) in [5.41, 5.74) is 0.211. The minimum absolute atomic E-state index is 0.0287. The van der Waals surface area contributed by atoms with Gasteiger partial charge in [0.05, 0.1) is 19.7 Å². The number of esters is 2. The monoisotopic (exact) mass is 496 g/mol. The number of hydrogen-bond acceptors (Lipinski definition) is 8. The van der Waals surface area contributed by atoms with E-state index >= 15 is 0 Å². The van der Waals surface area contributed by atoms with Crippen LogP contribution in [0, 0.1) is 0 Å². The molecule has 192 valence electrons. The smallest absolute Gasteiger partial charge is 0.419 e. The van der Waals surface area contributed by atoms with Gasteiger partial charge in [-0.3, -0.25) is 4.57 Å². The number of rotatable bonds is 5. The third-order valence-corrected chi connectivity index (χ3v) is 6.17. The maximum Gasteiger partial charge on any atom is 0.419 e. The van der Waals surface area contributed by atoms with Crippen LogP contribution < -0.4 is 5.32 Å². The Morgan fingerprint density at radius 1 is 0.972 bits per heavy atom. The Morgan fingerprint density at radius 2 is 1.61 bits per heavy atom. The number of furan rings is 1. The van der Waals surface area contributed by atoms with Gasteiger partial charge in [0, 0.05) is 23.2 Å². The number of para-hydroxylation sites is 1. The molecule has 9 heteroatoms. The van der Waals surface area contributed by atoms with Gasteiger partial charge >= 0.3 is 18.0 Å². The molecule has 0 spiro atoms. The minimum Gasteiger partial charge on any atom is -0.465 e. The first-order valence-corrected chi connectivity index (χ1v) is 12.1. The van der Waals surface area contributed by atoms with Crippen LogP contribution in [0.3, 0.4) is 0 Å². The SMILES string of the molecule is COC(=O)c1c(NC2CCCCC2)oc(-c2cn(C(=O)OC(C)(C)C)c3ccccc23)c1C(=O)OC. The fraction of sp³-hybridized carbons (Fsp3) is 0.444. The van der Waals surface area contributed by atoms with E-state index < -0.39 is 23.6 Å². The number of carbonyl (C=O) groups is 3. The topological polar surface area (TPSA) is 109 Å². The molecule has 9 nitrogen and oxygen atoms in total. The zero-order valence-corrected chi connectivity index (χ0v) is 21.3. The van der Waals surface area contributed by atoms with Gasteiger partial charge in [-0.2, -0.15) is 0 Å². The number of hydrogen-bond donors (Lipinski definition) is 1. The van der Waals surface area contributed by atoms with E-state index in [1.807, 2.05) is 6.07 Å². The first-order valence-electron chi connectivity index (χ1n) is 12.1. The molecule has 0 saturated heterocycles. The largest absolute Gasteiger partial charge is 0.465 e. The standard InChI is InChI=1S/C27H32N2O7/c1-27(2,3)36-26(32)29-15-18(17-13-9-10-14-19(17)29)22-20(24(30)33-4)21(25(31)34-5)23(35-22)28-16-11-7-6-8-12-16/h9-10,13-16,28H,6-8,11-12H2,1-5H3. The van der Waals surface area contributed by atoms with E-state index in [0.717, 1.165) is 32.1 Å². The van der Waals surface area contributed by atoms with Crippen LogP contribution in [0.1, 0.15) is 73.6 Å². The molecule has 1 fully saturated rings. The molecule has 1 N–H and O–H groups in total. The first kappa shape index (κ1) is 25.3. The summed E-state index contributed by atoms with van der Waals surface area (Å²) < 4.78 is 23.2. The molecule has 2 heterocycles. The molecule has 0 amide bonds. The number of carbonyl (C=O) groups excluding carboxylic acids is 3.